The molecule has 98 valence electrons. The summed E-state index contributed by atoms with van der Waals surface area (Å²) >= 11 is 0. The van der Waals surface area contributed by atoms with Crippen LogP contribution in [0.25, 0.3) is 0 Å². The molecule has 1 aliphatic rings. The average molecular weight is 260 g/mol. The van der Waals surface area contributed by atoms with Crippen molar-refractivity contribution in [2.45, 2.75) is 25.8 Å². The van der Waals surface area contributed by atoms with E-state index in [1.807, 2.05) is 4.90 Å². The third-order valence-electron chi connectivity index (χ3n) is 3.22. The fraction of sp³-hybridized carbons (Fsp3) is 0.727. The van der Waals surface area contributed by atoms with Gasteiger partial charge in [0.1, 0.15) is 0 Å². The minimum Gasteiger partial charge on any atom is -0.368 e. The first-order chi connectivity index (χ1) is 7.85. The maximum atomic E-state index is 11.3. The summed E-state index contributed by atoms with van der Waals surface area (Å²) in [5, 5.41) is 0.957. The maximum absolute atomic E-state index is 11.3. The lowest BCUT2D eigenvalue weighted by molar-refractivity contribution is -0.124. The highest BCUT2D eigenvalue weighted by Crippen LogP contribution is 2.22. The van der Waals surface area contributed by atoms with Gasteiger partial charge in [0, 0.05) is 12.0 Å². The predicted octanol–water partition coefficient (Wildman–Crippen LogP) is 0.131. The van der Waals surface area contributed by atoms with Gasteiger partial charge < -0.3 is 5.73 Å². The molecule has 2 unspecified atom stereocenters. The fourth-order valence-electron chi connectivity index (χ4n) is 2.08. The monoisotopic (exact) mass is 260 g/mol. The van der Waals surface area contributed by atoms with E-state index in [-0.39, 0.29) is 17.7 Å². The Bertz CT molecular complexity index is 392. The highest BCUT2D eigenvalue weighted by atomic mass is 32.2. The van der Waals surface area contributed by atoms with E-state index < -0.39 is 9.84 Å². The van der Waals surface area contributed by atoms with Gasteiger partial charge in [0.25, 0.3) is 0 Å². The molecule has 1 heterocycles. The average Bonchev–Trinajstić information content (AvgIpc) is 2.27. The second kappa shape index (κ2) is 5.64. The molecular formula is C11H20N2O3S. The lowest BCUT2D eigenvalue weighted by atomic mass is 9.92. The van der Waals surface area contributed by atoms with Crippen molar-refractivity contribution < 1.29 is 13.2 Å². The molecule has 1 amide bonds. The Kier molecular flexibility index (Phi) is 4.70. The molecule has 0 bridgehead atoms. The van der Waals surface area contributed by atoms with Gasteiger partial charge in [-0.1, -0.05) is 13.5 Å². The van der Waals surface area contributed by atoms with Gasteiger partial charge in [-0.3, -0.25) is 9.69 Å². The van der Waals surface area contributed by atoms with Gasteiger partial charge >= 0.3 is 0 Å². The van der Waals surface area contributed by atoms with E-state index in [9.17, 15) is 13.2 Å². The van der Waals surface area contributed by atoms with E-state index in [1.54, 1.807) is 0 Å². The Labute approximate surface area is 103 Å². The summed E-state index contributed by atoms with van der Waals surface area (Å²) in [5.74, 6) is 0.0848. The van der Waals surface area contributed by atoms with Gasteiger partial charge in [0.05, 0.1) is 11.8 Å². The first-order valence-electron chi connectivity index (χ1n) is 5.74. The lowest BCUT2D eigenvalue weighted by Gasteiger charge is -2.36. The fourth-order valence-corrected chi connectivity index (χ4v) is 2.74. The number of hydrogen-bond donors (Lipinski definition) is 1. The molecule has 0 aromatic rings. The van der Waals surface area contributed by atoms with Crippen LogP contribution in [-0.2, 0) is 14.6 Å². The van der Waals surface area contributed by atoms with Crippen molar-refractivity contribution in [1.29, 1.82) is 0 Å². The normalized spacial score (nSPS) is 26.6. The molecule has 1 saturated heterocycles. The summed E-state index contributed by atoms with van der Waals surface area (Å²) in [4.78, 5) is 13.2. The van der Waals surface area contributed by atoms with E-state index in [2.05, 4.69) is 13.5 Å². The van der Waals surface area contributed by atoms with Gasteiger partial charge in [-0.15, -0.1) is 0 Å². The number of carbonyl (C=O) groups excluding carboxylic acids is 1. The van der Waals surface area contributed by atoms with Crippen LogP contribution in [-0.4, -0.2) is 44.1 Å². The van der Waals surface area contributed by atoms with Crippen molar-refractivity contribution in [2.75, 3.05) is 18.8 Å². The molecule has 1 aliphatic heterocycles. The zero-order valence-corrected chi connectivity index (χ0v) is 10.9. The van der Waals surface area contributed by atoms with E-state index in [1.165, 1.54) is 0 Å². The van der Waals surface area contributed by atoms with Crippen LogP contribution in [0.2, 0.25) is 0 Å². The molecule has 0 aliphatic carbocycles. The number of primary amides is 1. The van der Waals surface area contributed by atoms with Crippen LogP contribution in [0.4, 0.5) is 0 Å². The lowest BCUT2D eigenvalue weighted by Crippen LogP contribution is -2.50. The molecule has 17 heavy (non-hydrogen) atoms. The third-order valence-corrected chi connectivity index (χ3v) is 4.48. The van der Waals surface area contributed by atoms with Crippen LogP contribution in [0.3, 0.4) is 0 Å². The van der Waals surface area contributed by atoms with Crippen molar-refractivity contribution in [3.8, 4) is 0 Å². The molecule has 0 saturated carbocycles. The van der Waals surface area contributed by atoms with E-state index in [0.29, 0.717) is 18.9 Å². The Balaban J connectivity index is 2.62. The molecule has 2 atom stereocenters. The Morgan fingerprint density at radius 1 is 1.59 bits per heavy atom. The second-order valence-corrected chi connectivity index (χ2v) is 6.68. The number of likely N-dealkylation sites (tertiary alicyclic amines) is 1. The van der Waals surface area contributed by atoms with Crippen LogP contribution >= 0.6 is 0 Å². The molecule has 5 nitrogen and oxygen atoms in total. The first kappa shape index (κ1) is 14.2. The Hall–Kier alpha value is -0.880. The smallest absolute Gasteiger partial charge is 0.234 e. The molecular weight excluding hydrogens is 240 g/mol. The maximum Gasteiger partial charge on any atom is 0.234 e. The molecule has 0 spiro atoms. The van der Waals surface area contributed by atoms with Crippen LogP contribution in [0.1, 0.15) is 19.8 Å². The van der Waals surface area contributed by atoms with Crippen molar-refractivity contribution >= 4 is 15.7 Å². The Morgan fingerprint density at radius 3 is 2.76 bits per heavy atom. The van der Waals surface area contributed by atoms with Crippen LogP contribution in [0, 0.1) is 5.92 Å². The SMILES string of the molecule is C=CS(=O)(=O)CCN1CCC(C)CC1C(N)=O. The van der Waals surface area contributed by atoms with E-state index in [4.69, 9.17) is 5.73 Å². The van der Waals surface area contributed by atoms with Gasteiger partial charge in [0.15, 0.2) is 9.84 Å². The molecule has 0 radical (unpaired) electrons. The van der Waals surface area contributed by atoms with Crippen LogP contribution in [0.15, 0.2) is 12.0 Å². The summed E-state index contributed by atoms with van der Waals surface area (Å²) in [6.07, 6.45) is 1.68. The number of piperidine rings is 1. The number of nitrogens with two attached hydrogens (primary N) is 1. The number of hydrogen-bond acceptors (Lipinski definition) is 4. The van der Waals surface area contributed by atoms with Gasteiger partial charge in [-0.25, -0.2) is 8.42 Å². The van der Waals surface area contributed by atoms with Gasteiger partial charge in [-0.2, -0.15) is 0 Å². The molecule has 2 N–H and O–H groups in total. The Morgan fingerprint density at radius 2 is 2.24 bits per heavy atom. The van der Waals surface area contributed by atoms with E-state index >= 15 is 0 Å². The van der Waals surface area contributed by atoms with Crippen LogP contribution < -0.4 is 5.73 Å². The minimum atomic E-state index is -3.21. The molecule has 0 aromatic heterocycles. The van der Waals surface area contributed by atoms with Gasteiger partial charge in [-0.05, 0) is 25.3 Å². The topological polar surface area (TPSA) is 80.5 Å². The van der Waals surface area contributed by atoms with Crippen molar-refractivity contribution in [1.82, 2.24) is 4.90 Å². The third kappa shape index (κ3) is 4.12. The van der Waals surface area contributed by atoms with Gasteiger partial charge in [0.2, 0.25) is 5.91 Å². The zero-order chi connectivity index (χ0) is 13.1. The summed E-state index contributed by atoms with van der Waals surface area (Å²) in [6.45, 7) is 6.41. The second-order valence-electron chi connectivity index (χ2n) is 4.62. The summed E-state index contributed by atoms with van der Waals surface area (Å²) in [7, 11) is -3.21. The summed E-state index contributed by atoms with van der Waals surface area (Å²) in [6, 6.07) is -0.334. The highest BCUT2D eigenvalue weighted by molar-refractivity contribution is 7.94. The summed E-state index contributed by atoms with van der Waals surface area (Å²) in [5.41, 5.74) is 5.34. The number of amides is 1. The quantitative estimate of drug-likeness (QED) is 0.762. The predicted molar refractivity (Wildman–Crippen MR) is 66.9 cm³/mol. The number of sulfone groups is 1. The number of carbonyl (C=O) groups is 1. The van der Waals surface area contributed by atoms with Crippen molar-refractivity contribution in [2.24, 2.45) is 11.7 Å². The largest absolute Gasteiger partial charge is 0.368 e. The standard InChI is InChI=1S/C11H20N2O3S/c1-3-17(15,16)7-6-13-5-4-9(2)8-10(13)11(12)14/h3,9-10H,1,4-8H2,2H3,(H2,12,14). The van der Waals surface area contributed by atoms with Crippen molar-refractivity contribution in [3.05, 3.63) is 12.0 Å². The van der Waals surface area contributed by atoms with E-state index in [0.717, 1.165) is 18.4 Å². The van der Waals surface area contributed by atoms with Crippen LogP contribution in [0.5, 0.6) is 0 Å². The molecule has 0 aromatic carbocycles. The minimum absolute atomic E-state index is 0.00530. The first-order valence-corrected chi connectivity index (χ1v) is 7.46. The van der Waals surface area contributed by atoms with Crippen molar-refractivity contribution in [3.63, 3.8) is 0 Å². The number of nitrogens with zero attached hydrogens (tertiary/aromatic N) is 1. The zero-order valence-electron chi connectivity index (χ0n) is 10.1. The molecule has 1 fully saturated rings. The number of rotatable bonds is 5. The molecule has 1 rings (SSSR count). The molecule has 6 heteroatoms. The summed E-state index contributed by atoms with van der Waals surface area (Å²) < 4.78 is 22.6. The highest BCUT2D eigenvalue weighted by Gasteiger charge is 2.30.